The summed E-state index contributed by atoms with van der Waals surface area (Å²) < 4.78 is 0.765. The molecule has 2 aliphatic rings. The average Bonchev–Trinajstić information content (AvgIpc) is 2.98. The Labute approximate surface area is 184 Å². The molecule has 1 saturated heterocycles. The third-order valence-corrected chi connectivity index (χ3v) is 6.29. The number of imide groups is 1. The predicted molar refractivity (Wildman–Crippen MR) is 117 cm³/mol. The largest absolute Gasteiger partial charge is 0.333 e. The van der Waals surface area contributed by atoms with Crippen LogP contribution >= 0.6 is 15.9 Å². The molecule has 0 radical (unpaired) electrons. The van der Waals surface area contributed by atoms with Crippen molar-refractivity contribution in [2.45, 2.75) is 18.9 Å². The zero-order valence-corrected chi connectivity index (χ0v) is 18.5. The van der Waals surface area contributed by atoms with E-state index in [1.54, 1.807) is 18.2 Å². The lowest BCUT2D eigenvalue weighted by Crippen LogP contribution is -2.49. The summed E-state index contributed by atoms with van der Waals surface area (Å²) in [6, 6.07) is 15.2. The third-order valence-electron chi connectivity index (χ3n) is 5.79. The van der Waals surface area contributed by atoms with Gasteiger partial charge < -0.3 is 9.80 Å². The van der Waals surface area contributed by atoms with Gasteiger partial charge in [-0.25, -0.2) is 0 Å². The Morgan fingerprint density at radius 3 is 2.53 bits per heavy atom. The number of piperazine rings is 1. The molecular formula is C23H24BrN3O3. The van der Waals surface area contributed by atoms with Gasteiger partial charge in [0, 0.05) is 37.1 Å². The van der Waals surface area contributed by atoms with Gasteiger partial charge in [0.05, 0.1) is 17.2 Å². The molecule has 30 heavy (non-hydrogen) atoms. The molecule has 0 aliphatic carbocycles. The number of carbonyl (C=O) groups is 3. The fourth-order valence-electron chi connectivity index (χ4n) is 4.18. The van der Waals surface area contributed by atoms with Crippen LogP contribution in [0.25, 0.3) is 0 Å². The Balaban J connectivity index is 1.39. The van der Waals surface area contributed by atoms with E-state index in [2.05, 4.69) is 40.0 Å². The normalized spacial score (nSPS) is 19.3. The summed E-state index contributed by atoms with van der Waals surface area (Å²) in [6.45, 7) is 2.56. The van der Waals surface area contributed by atoms with Crippen molar-refractivity contribution in [2.24, 2.45) is 0 Å². The number of halogens is 1. The molecule has 2 aromatic carbocycles. The first kappa shape index (κ1) is 20.8. The maximum absolute atomic E-state index is 13.0. The highest BCUT2D eigenvalue weighted by Gasteiger charge is 2.35. The number of carbonyl (C=O) groups excluding carboxylic acids is 3. The van der Waals surface area contributed by atoms with E-state index in [1.807, 2.05) is 23.1 Å². The van der Waals surface area contributed by atoms with Gasteiger partial charge in [0.1, 0.15) is 0 Å². The molecule has 0 bridgehead atoms. The number of nitrogens with zero attached hydrogens (tertiary/aromatic N) is 3. The summed E-state index contributed by atoms with van der Waals surface area (Å²) in [6.07, 6.45) is 0.767. The molecule has 0 saturated carbocycles. The molecule has 1 atom stereocenters. The van der Waals surface area contributed by atoms with Gasteiger partial charge in [-0.15, -0.1) is 0 Å². The van der Waals surface area contributed by atoms with Crippen molar-refractivity contribution in [1.29, 1.82) is 0 Å². The standard InChI is InChI=1S/C23H24BrN3O3/c1-25-12-13-26(20(15-25)16-6-3-2-4-7-16)21(28)8-5-11-27-22(29)18-10-9-17(24)14-19(18)23(27)30/h2-4,6-7,9-10,14,20H,5,8,11-13,15H2,1H3. The summed E-state index contributed by atoms with van der Waals surface area (Å²) in [7, 11) is 2.07. The van der Waals surface area contributed by atoms with Crippen LogP contribution in [0.2, 0.25) is 0 Å². The van der Waals surface area contributed by atoms with Crippen LogP contribution in [0.1, 0.15) is 45.2 Å². The molecule has 2 aliphatic heterocycles. The van der Waals surface area contributed by atoms with E-state index in [9.17, 15) is 14.4 Å². The molecule has 0 N–H and O–H groups in total. The monoisotopic (exact) mass is 469 g/mol. The first-order valence-corrected chi connectivity index (χ1v) is 10.9. The van der Waals surface area contributed by atoms with Crippen molar-refractivity contribution >= 4 is 33.7 Å². The van der Waals surface area contributed by atoms with Crippen LogP contribution in [0, 0.1) is 0 Å². The van der Waals surface area contributed by atoms with Gasteiger partial charge in [0.25, 0.3) is 11.8 Å². The van der Waals surface area contributed by atoms with E-state index in [-0.39, 0.29) is 30.3 Å². The minimum absolute atomic E-state index is 0.0223. The van der Waals surface area contributed by atoms with E-state index in [4.69, 9.17) is 0 Å². The number of rotatable bonds is 5. The van der Waals surface area contributed by atoms with E-state index in [0.717, 1.165) is 23.1 Å². The fourth-order valence-corrected chi connectivity index (χ4v) is 4.54. The lowest BCUT2D eigenvalue weighted by molar-refractivity contribution is -0.136. The van der Waals surface area contributed by atoms with E-state index in [0.29, 0.717) is 30.5 Å². The van der Waals surface area contributed by atoms with Crippen molar-refractivity contribution in [3.8, 4) is 0 Å². The third kappa shape index (κ3) is 4.04. The maximum Gasteiger partial charge on any atom is 0.261 e. The molecule has 0 aromatic heterocycles. The van der Waals surface area contributed by atoms with Crippen LogP contribution in [0.4, 0.5) is 0 Å². The number of amides is 3. The Bertz CT molecular complexity index is 979. The predicted octanol–water partition coefficient (Wildman–Crippen LogP) is 3.34. The molecule has 1 unspecified atom stereocenters. The molecule has 7 heteroatoms. The molecule has 4 rings (SSSR count). The van der Waals surface area contributed by atoms with Crippen molar-refractivity contribution in [3.05, 3.63) is 69.7 Å². The Hall–Kier alpha value is -2.51. The number of fused-ring (bicyclic) bond motifs is 1. The summed E-state index contributed by atoms with van der Waals surface area (Å²) in [5.74, 6) is -0.501. The van der Waals surface area contributed by atoms with Gasteiger partial charge in [-0.3, -0.25) is 19.3 Å². The molecule has 156 valence electrons. The maximum atomic E-state index is 13.0. The van der Waals surface area contributed by atoms with Crippen LogP contribution < -0.4 is 0 Å². The molecule has 1 fully saturated rings. The minimum atomic E-state index is -0.287. The van der Waals surface area contributed by atoms with Crippen molar-refractivity contribution in [2.75, 3.05) is 33.2 Å². The Morgan fingerprint density at radius 1 is 1.03 bits per heavy atom. The first-order chi connectivity index (χ1) is 14.5. The molecule has 0 spiro atoms. The van der Waals surface area contributed by atoms with Crippen LogP contribution in [0.15, 0.2) is 53.0 Å². The zero-order chi connectivity index (χ0) is 21.3. The zero-order valence-electron chi connectivity index (χ0n) is 16.9. The number of hydrogen-bond donors (Lipinski definition) is 0. The number of benzene rings is 2. The van der Waals surface area contributed by atoms with Crippen molar-refractivity contribution in [3.63, 3.8) is 0 Å². The average molecular weight is 470 g/mol. The van der Waals surface area contributed by atoms with Gasteiger partial charge in [-0.05, 0) is 37.2 Å². The number of hydrogen-bond acceptors (Lipinski definition) is 4. The van der Waals surface area contributed by atoms with Crippen LogP contribution in [0.3, 0.4) is 0 Å². The van der Waals surface area contributed by atoms with Crippen molar-refractivity contribution < 1.29 is 14.4 Å². The van der Waals surface area contributed by atoms with Gasteiger partial charge in [0.15, 0.2) is 0 Å². The van der Waals surface area contributed by atoms with E-state index < -0.39 is 0 Å². The van der Waals surface area contributed by atoms with E-state index in [1.165, 1.54) is 4.90 Å². The summed E-state index contributed by atoms with van der Waals surface area (Å²) in [5.41, 5.74) is 1.98. The Kier molecular flexibility index (Phi) is 6.01. The summed E-state index contributed by atoms with van der Waals surface area (Å²) >= 11 is 3.34. The lowest BCUT2D eigenvalue weighted by atomic mass is 10.0. The van der Waals surface area contributed by atoms with Gasteiger partial charge in [-0.2, -0.15) is 0 Å². The van der Waals surface area contributed by atoms with E-state index >= 15 is 0 Å². The van der Waals surface area contributed by atoms with Crippen LogP contribution in [0.5, 0.6) is 0 Å². The van der Waals surface area contributed by atoms with Gasteiger partial charge in [0.2, 0.25) is 5.91 Å². The highest BCUT2D eigenvalue weighted by atomic mass is 79.9. The molecule has 3 amide bonds. The smallest absolute Gasteiger partial charge is 0.261 e. The van der Waals surface area contributed by atoms with Gasteiger partial charge in [-0.1, -0.05) is 46.3 Å². The molecule has 2 heterocycles. The fraction of sp³-hybridized carbons (Fsp3) is 0.348. The Morgan fingerprint density at radius 2 is 1.77 bits per heavy atom. The second-order valence-corrected chi connectivity index (χ2v) is 8.75. The quantitative estimate of drug-likeness (QED) is 0.630. The molecular weight excluding hydrogens is 446 g/mol. The minimum Gasteiger partial charge on any atom is -0.333 e. The summed E-state index contributed by atoms with van der Waals surface area (Å²) in [5, 5.41) is 0. The first-order valence-electron chi connectivity index (χ1n) is 10.1. The highest BCUT2D eigenvalue weighted by molar-refractivity contribution is 9.10. The SMILES string of the molecule is CN1CCN(C(=O)CCCN2C(=O)c3ccc(Br)cc3C2=O)C(c2ccccc2)C1. The van der Waals surface area contributed by atoms with Crippen molar-refractivity contribution in [1.82, 2.24) is 14.7 Å². The van der Waals surface area contributed by atoms with Gasteiger partial charge >= 0.3 is 0 Å². The second kappa shape index (κ2) is 8.70. The molecule has 6 nitrogen and oxygen atoms in total. The summed E-state index contributed by atoms with van der Waals surface area (Å²) in [4.78, 5) is 43.6. The van der Waals surface area contributed by atoms with Crippen LogP contribution in [-0.4, -0.2) is 65.6 Å². The highest BCUT2D eigenvalue weighted by Crippen LogP contribution is 2.28. The second-order valence-electron chi connectivity index (χ2n) is 7.83. The topological polar surface area (TPSA) is 60.9 Å². The van der Waals surface area contributed by atoms with Crippen LogP contribution in [-0.2, 0) is 4.79 Å². The lowest BCUT2D eigenvalue weighted by Gasteiger charge is -2.40. The molecule has 2 aromatic rings. The number of likely N-dealkylation sites (N-methyl/N-ethyl adjacent to an activating group) is 1.